The van der Waals surface area contributed by atoms with Gasteiger partial charge in [0.05, 0.1) is 23.7 Å². The number of oxazole rings is 1. The average Bonchev–Trinajstić information content (AvgIpc) is 3.47. The highest BCUT2D eigenvalue weighted by atomic mass is 16.5. The fourth-order valence-corrected chi connectivity index (χ4v) is 4.84. The van der Waals surface area contributed by atoms with Gasteiger partial charge in [-0.3, -0.25) is 0 Å². The van der Waals surface area contributed by atoms with Gasteiger partial charge in [-0.25, -0.2) is 19.9 Å². The van der Waals surface area contributed by atoms with Crippen molar-refractivity contribution in [3.63, 3.8) is 0 Å². The molecule has 1 aliphatic rings. The van der Waals surface area contributed by atoms with E-state index in [0.717, 1.165) is 57.5 Å². The van der Waals surface area contributed by atoms with Gasteiger partial charge in [0.25, 0.3) is 0 Å². The molecule has 1 aliphatic carbocycles. The highest BCUT2D eigenvalue weighted by Gasteiger charge is 2.23. The molecule has 0 aliphatic heterocycles. The zero-order valence-electron chi connectivity index (χ0n) is 21.7. The van der Waals surface area contributed by atoms with Crippen molar-refractivity contribution in [2.45, 2.75) is 32.3 Å². The van der Waals surface area contributed by atoms with Crippen molar-refractivity contribution >= 4 is 28.2 Å². The van der Waals surface area contributed by atoms with Gasteiger partial charge in [0.15, 0.2) is 12.8 Å². The zero-order valence-corrected chi connectivity index (χ0v) is 21.7. The van der Waals surface area contributed by atoms with Gasteiger partial charge in [-0.2, -0.15) is 0 Å². The van der Waals surface area contributed by atoms with Gasteiger partial charge in [0.2, 0.25) is 0 Å². The number of hydrogen-bond donors (Lipinski definition) is 0. The van der Waals surface area contributed by atoms with Crippen LogP contribution >= 0.6 is 0 Å². The molecule has 3 heterocycles. The van der Waals surface area contributed by atoms with Crippen molar-refractivity contribution < 1.29 is 18.6 Å². The van der Waals surface area contributed by atoms with E-state index in [4.69, 9.17) is 28.6 Å². The molecule has 5 aromatic rings. The molecule has 0 N–H and O–H groups in total. The molecule has 0 bridgehead atoms. The van der Waals surface area contributed by atoms with E-state index in [-0.39, 0.29) is 6.10 Å². The Morgan fingerprint density at radius 1 is 1.00 bits per heavy atom. The molecule has 196 valence electrons. The predicted octanol–water partition coefficient (Wildman–Crippen LogP) is 6.11. The summed E-state index contributed by atoms with van der Waals surface area (Å²) in [5, 5.41) is 2.09. The number of ether oxygens (including phenoxy) is 3. The Morgan fingerprint density at radius 2 is 1.69 bits per heavy atom. The molecule has 0 saturated heterocycles. The van der Waals surface area contributed by atoms with E-state index < -0.39 is 0 Å². The van der Waals surface area contributed by atoms with Crippen molar-refractivity contribution in [1.29, 1.82) is 0 Å². The molecule has 2 aromatic carbocycles. The van der Waals surface area contributed by atoms with Gasteiger partial charge < -0.3 is 18.6 Å². The molecule has 0 saturated carbocycles. The Kier molecular flexibility index (Phi) is 6.91. The lowest BCUT2D eigenvalue weighted by atomic mass is 9.90. The van der Waals surface area contributed by atoms with Gasteiger partial charge in [-0.05, 0) is 55.2 Å². The molecular weight excluding hydrogens is 492 g/mol. The molecule has 0 fully saturated rings. The SMILES string of the molecule is C=CN=COCC(C)Oc1cccc2cc3c(nc12)-c1nc2c(OCCc4cocn4)cccc2cc1CC3. The molecule has 8 heteroatoms. The predicted molar refractivity (Wildman–Crippen MR) is 150 cm³/mol. The first-order valence-electron chi connectivity index (χ1n) is 13.0. The van der Waals surface area contributed by atoms with Crippen molar-refractivity contribution in [3.05, 3.63) is 90.8 Å². The number of nitrogens with zero attached hydrogens (tertiary/aromatic N) is 4. The van der Waals surface area contributed by atoms with Crippen molar-refractivity contribution in [3.8, 4) is 22.9 Å². The number of benzene rings is 2. The first-order valence-corrected chi connectivity index (χ1v) is 13.0. The van der Waals surface area contributed by atoms with Crippen LogP contribution in [0.2, 0.25) is 0 Å². The van der Waals surface area contributed by atoms with Crippen LogP contribution in [0.15, 0.2) is 83.4 Å². The molecule has 0 spiro atoms. The molecule has 0 radical (unpaired) electrons. The van der Waals surface area contributed by atoms with E-state index in [0.29, 0.717) is 25.4 Å². The van der Waals surface area contributed by atoms with E-state index in [9.17, 15) is 0 Å². The van der Waals surface area contributed by atoms with Crippen LogP contribution in [-0.2, 0) is 24.0 Å². The number of rotatable bonds is 10. The topological polar surface area (TPSA) is 91.9 Å². The molecule has 8 nitrogen and oxygen atoms in total. The molecule has 1 unspecified atom stereocenters. The van der Waals surface area contributed by atoms with Crippen LogP contribution in [0.3, 0.4) is 0 Å². The lowest BCUT2D eigenvalue weighted by Gasteiger charge is -2.21. The summed E-state index contributed by atoms with van der Waals surface area (Å²) in [6.07, 6.45) is 8.13. The smallest absolute Gasteiger partial charge is 0.180 e. The first kappa shape index (κ1) is 24.6. The molecular formula is C31H28N4O4. The molecule has 6 rings (SSSR count). The lowest BCUT2D eigenvalue weighted by molar-refractivity contribution is 0.143. The summed E-state index contributed by atoms with van der Waals surface area (Å²) in [6.45, 7) is 6.32. The monoisotopic (exact) mass is 520 g/mol. The normalized spacial score (nSPS) is 13.3. The highest BCUT2D eigenvalue weighted by molar-refractivity contribution is 5.91. The minimum absolute atomic E-state index is 0.198. The maximum atomic E-state index is 6.22. The summed E-state index contributed by atoms with van der Waals surface area (Å²) in [6, 6.07) is 16.4. The number of para-hydroxylation sites is 2. The summed E-state index contributed by atoms with van der Waals surface area (Å²) >= 11 is 0. The Bertz CT molecular complexity index is 1660. The lowest BCUT2D eigenvalue weighted by Crippen LogP contribution is -2.19. The maximum Gasteiger partial charge on any atom is 0.180 e. The summed E-state index contributed by atoms with van der Waals surface area (Å²) in [5.41, 5.74) is 6.63. The van der Waals surface area contributed by atoms with Gasteiger partial charge in [-0.15, -0.1) is 0 Å². The van der Waals surface area contributed by atoms with Gasteiger partial charge >= 0.3 is 0 Å². The highest BCUT2D eigenvalue weighted by Crippen LogP contribution is 2.38. The van der Waals surface area contributed by atoms with Crippen LogP contribution in [0, 0.1) is 0 Å². The Morgan fingerprint density at radius 3 is 2.36 bits per heavy atom. The Hall–Kier alpha value is -4.72. The van der Waals surface area contributed by atoms with E-state index in [1.807, 2.05) is 31.2 Å². The average molecular weight is 521 g/mol. The quantitative estimate of drug-likeness (QED) is 0.162. The van der Waals surface area contributed by atoms with Crippen molar-refractivity contribution in [1.82, 2.24) is 15.0 Å². The standard InChI is InChI=1S/C31H28N4O4/c1-3-32-18-36-16-20(2)39-27-9-5-7-22-15-24-11-10-23-14-21-6-4-8-26(38-13-12-25-17-37-19-33-25)28(21)34-30(23)31(24)35-29(22)27/h3-9,14-15,17-20H,1,10-13,16H2,2H3. The Labute approximate surface area is 226 Å². The second-order valence-electron chi connectivity index (χ2n) is 9.43. The Balaban J connectivity index is 1.33. The van der Waals surface area contributed by atoms with Gasteiger partial charge in [0.1, 0.15) is 41.5 Å². The number of aryl methyl sites for hydroxylation is 2. The summed E-state index contributed by atoms with van der Waals surface area (Å²) < 4.78 is 22.8. The van der Waals surface area contributed by atoms with E-state index in [2.05, 4.69) is 40.8 Å². The number of aliphatic imine (C=N–C) groups is 1. The van der Waals surface area contributed by atoms with Crippen molar-refractivity contribution in [2.75, 3.05) is 13.2 Å². The zero-order chi connectivity index (χ0) is 26.6. The minimum atomic E-state index is -0.198. The van der Waals surface area contributed by atoms with E-state index in [1.54, 1.807) is 6.26 Å². The third-order valence-electron chi connectivity index (χ3n) is 6.66. The summed E-state index contributed by atoms with van der Waals surface area (Å²) in [4.78, 5) is 18.3. The number of fused-ring (bicyclic) bond motifs is 5. The summed E-state index contributed by atoms with van der Waals surface area (Å²) in [5.74, 6) is 1.45. The second-order valence-corrected chi connectivity index (χ2v) is 9.43. The fourth-order valence-electron chi connectivity index (χ4n) is 4.84. The fraction of sp³-hybridized carbons (Fsp3) is 0.226. The first-order chi connectivity index (χ1) is 19.2. The maximum absolute atomic E-state index is 6.22. The minimum Gasteiger partial charge on any atom is -0.491 e. The van der Waals surface area contributed by atoms with E-state index >= 15 is 0 Å². The van der Waals surface area contributed by atoms with Crippen LogP contribution in [-0.4, -0.2) is 40.7 Å². The van der Waals surface area contributed by atoms with Gasteiger partial charge in [0, 0.05) is 23.4 Å². The van der Waals surface area contributed by atoms with Gasteiger partial charge in [-0.1, -0.05) is 30.8 Å². The largest absolute Gasteiger partial charge is 0.491 e. The second kappa shape index (κ2) is 10.9. The molecule has 3 aromatic heterocycles. The van der Waals surface area contributed by atoms with Crippen LogP contribution in [0.5, 0.6) is 11.5 Å². The van der Waals surface area contributed by atoms with Crippen LogP contribution in [0.4, 0.5) is 0 Å². The molecule has 0 amide bonds. The number of hydrogen-bond acceptors (Lipinski definition) is 8. The van der Waals surface area contributed by atoms with Crippen LogP contribution in [0.1, 0.15) is 23.7 Å². The molecule has 39 heavy (non-hydrogen) atoms. The number of aromatic nitrogens is 3. The van der Waals surface area contributed by atoms with E-state index in [1.165, 1.54) is 30.1 Å². The van der Waals surface area contributed by atoms with Crippen LogP contribution in [0.25, 0.3) is 33.2 Å². The summed E-state index contributed by atoms with van der Waals surface area (Å²) in [7, 11) is 0. The van der Waals surface area contributed by atoms with Crippen molar-refractivity contribution in [2.24, 2.45) is 4.99 Å². The third-order valence-corrected chi connectivity index (χ3v) is 6.66. The third kappa shape index (κ3) is 5.18. The number of pyridine rings is 2. The van der Waals surface area contributed by atoms with Crippen LogP contribution < -0.4 is 9.47 Å². The molecule has 1 atom stereocenters.